The Bertz CT molecular complexity index is 934. The van der Waals surface area contributed by atoms with Gasteiger partial charge >= 0.3 is 5.97 Å². The van der Waals surface area contributed by atoms with Crippen LogP contribution >= 0.6 is 11.6 Å². The Morgan fingerprint density at radius 1 is 1.31 bits per heavy atom. The number of esters is 1. The summed E-state index contributed by atoms with van der Waals surface area (Å²) in [6.07, 6.45) is 1.30. The van der Waals surface area contributed by atoms with Crippen LogP contribution in [0.5, 0.6) is 0 Å². The Kier molecular flexibility index (Phi) is 6.49. The first-order chi connectivity index (χ1) is 13.9. The lowest BCUT2D eigenvalue weighted by atomic mass is 10.1. The number of rotatable bonds is 6. The fourth-order valence-electron chi connectivity index (χ4n) is 3.21. The van der Waals surface area contributed by atoms with E-state index in [2.05, 4.69) is 10.3 Å². The van der Waals surface area contributed by atoms with E-state index in [0.717, 1.165) is 17.7 Å². The van der Waals surface area contributed by atoms with E-state index in [4.69, 9.17) is 16.3 Å². The molecule has 1 N–H and O–H groups in total. The predicted octanol–water partition coefficient (Wildman–Crippen LogP) is 3.22. The summed E-state index contributed by atoms with van der Waals surface area (Å²) in [7, 11) is 0. The molecule has 1 aromatic carbocycles. The van der Waals surface area contributed by atoms with E-state index in [0.29, 0.717) is 5.69 Å². The molecule has 29 heavy (non-hydrogen) atoms. The smallest absolute Gasteiger partial charge is 0.312 e. The van der Waals surface area contributed by atoms with E-state index in [9.17, 15) is 14.4 Å². The molecule has 1 aliphatic rings. The Labute approximate surface area is 174 Å². The number of carbonyl (C=O) groups excluding carboxylic acids is 3. The SMILES string of the molecule is CCc1ccccc1N1C[C@@H](C(=O)O[C@H](C)C(=O)Nc2cccnc2Cl)CC1=O. The number of ether oxygens (including phenoxy) is 1. The molecule has 2 heterocycles. The Balaban J connectivity index is 1.61. The number of para-hydroxylation sites is 1. The predicted molar refractivity (Wildman–Crippen MR) is 110 cm³/mol. The normalized spacial score (nSPS) is 17.1. The lowest BCUT2D eigenvalue weighted by Gasteiger charge is -2.20. The van der Waals surface area contributed by atoms with E-state index in [1.54, 1.807) is 17.0 Å². The summed E-state index contributed by atoms with van der Waals surface area (Å²) < 4.78 is 5.30. The Morgan fingerprint density at radius 3 is 2.79 bits per heavy atom. The first kappa shape index (κ1) is 20.8. The number of hydrogen-bond acceptors (Lipinski definition) is 5. The highest BCUT2D eigenvalue weighted by Crippen LogP contribution is 2.29. The minimum Gasteiger partial charge on any atom is -0.452 e. The van der Waals surface area contributed by atoms with Crippen LogP contribution in [-0.2, 0) is 25.5 Å². The maximum absolute atomic E-state index is 12.5. The van der Waals surface area contributed by atoms with Gasteiger partial charge in [-0.15, -0.1) is 0 Å². The van der Waals surface area contributed by atoms with Crippen LogP contribution in [0.4, 0.5) is 11.4 Å². The lowest BCUT2D eigenvalue weighted by molar-refractivity contribution is -0.157. The van der Waals surface area contributed by atoms with Gasteiger partial charge in [0.1, 0.15) is 0 Å². The van der Waals surface area contributed by atoms with Gasteiger partial charge in [0.25, 0.3) is 5.91 Å². The van der Waals surface area contributed by atoms with Crippen LogP contribution in [0.3, 0.4) is 0 Å². The van der Waals surface area contributed by atoms with E-state index in [1.807, 2.05) is 31.2 Å². The number of nitrogens with one attached hydrogen (secondary N) is 1. The van der Waals surface area contributed by atoms with Crippen molar-refractivity contribution in [3.63, 3.8) is 0 Å². The molecule has 3 rings (SSSR count). The second kappa shape index (κ2) is 9.05. The molecule has 2 atom stereocenters. The van der Waals surface area contributed by atoms with Crippen molar-refractivity contribution in [2.45, 2.75) is 32.8 Å². The number of hydrogen-bond donors (Lipinski definition) is 1. The second-order valence-corrected chi connectivity index (χ2v) is 7.16. The monoisotopic (exact) mass is 415 g/mol. The van der Waals surface area contributed by atoms with Gasteiger partial charge in [0.15, 0.2) is 11.3 Å². The van der Waals surface area contributed by atoms with Crippen LogP contribution in [0.25, 0.3) is 0 Å². The standard InChI is InChI=1S/C21H22ClN3O4/c1-3-14-7-4-5-9-17(14)25-12-15(11-18(25)26)21(28)29-13(2)20(27)24-16-8-6-10-23-19(16)22/h4-10,13,15H,3,11-12H2,1-2H3,(H,24,27)/t13-,15+/m1/s1. The molecule has 1 aliphatic heterocycles. The fourth-order valence-corrected chi connectivity index (χ4v) is 3.38. The highest BCUT2D eigenvalue weighted by atomic mass is 35.5. The van der Waals surface area contributed by atoms with Crippen molar-refractivity contribution in [2.24, 2.45) is 5.92 Å². The van der Waals surface area contributed by atoms with Gasteiger partial charge in [-0.05, 0) is 37.1 Å². The summed E-state index contributed by atoms with van der Waals surface area (Å²) in [5.41, 5.74) is 2.18. The van der Waals surface area contributed by atoms with E-state index in [1.165, 1.54) is 13.1 Å². The number of nitrogens with zero attached hydrogens (tertiary/aromatic N) is 2. The highest BCUT2D eigenvalue weighted by Gasteiger charge is 2.37. The Morgan fingerprint density at radius 2 is 2.07 bits per heavy atom. The molecular weight excluding hydrogens is 394 g/mol. The number of aryl methyl sites for hydroxylation is 1. The van der Waals surface area contributed by atoms with Gasteiger partial charge in [-0.2, -0.15) is 0 Å². The topological polar surface area (TPSA) is 88.6 Å². The molecule has 8 heteroatoms. The lowest BCUT2D eigenvalue weighted by Crippen LogP contribution is -2.33. The second-order valence-electron chi connectivity index (χ2n) is 6.80. The highest BCUT2D eigenvalue weighted by molar-refractivity contribution is 6.32. The first-order valence-electron chi connectivity index (χ1n) is 9.40. The summed E-state index contributed by atoms with van der Waals surface area (Å²) in [6, 6.07) is 10.8. The van der Waals surface area contributed by atoms with Crippen LogP contribution in [0, 0.1) is 5.92 Å². The summed E-state index contributed by atoms with van der Waals surface area (Å²) in [5, 5.41) is 2.72. The van der Waals surface area contributed by atoms with Crippen molar-refractivity contribution in [2.75, 3.05) is 16.8 Å². The van der Waals surface area contributed by atoms with Crippen LogP contribution in [0.2, 0.25) is 5.15 Å². The van der Waals surface area contributed by atoms with Crippen LogP contribution in [0.1, 0.15) is 25.8 Å². The van der Waals surface area contributed by atoms with Gasteiger partial charge in [-0.3, -0.25) is 14.4 Å². The van der Waals surface area contributed by atoms with Crippen LogP contribution in [0.15, 0.2) is 42.6 Å². The number of amides is 2. The molecule has 0 radical (unpaired) electrons. The average Bonchev–Trinajstić information content (AvgIpc) is 3.11. The molecular formula is C21H22ClN3O4. The quantitative estimate of drug-likeness (QED) is 0.578. The number of carbonyl (C=O) groups is 3. The van der Waals surface area contributed by atoms with Gasteiger partial charge in [0.05, 0.1) is 11.6 Å². The minimum absolute atomic E-state index is 0.0552. The zero-order chi connectivity index (χ0) is 21.0. The number of anilines is 2. The van der Waals surface area contributed by atoms with Crippen LogP contribution in [-0.4, -0.2) is 35.4 Å². The Hall–Kier alpha value is -2.93. The van der Waals surface area contributed by atoms with Gasteiger partial charge < -0.3 is 15.0 Å². The van der Waals surface area contributed by atoms with Crippen molar-refractivity contribution in [1.29, 1.82) is 0 Å². The molecule has 152 valence electrons. The molecule has 7 nitrogen and oxygen atoms in total. The van der Waals surface area contributed by atoms with Crippen molar-refractivity contribution in [3.8, 4) is 0 Å². The fraction of sp³-hybridized carbons (Fsp3) is 0.333. The van der Waals surface area contributed by atoms with E-state index >= 15 is 0 Å². The third-order valence-corrected chi connectivity index (χ3v) is 5.10. The number of aromatic nitrogens is 1. The molecule has 1 aromatic heterocycles. The third kappa shape index (κ3) is 4.74. The number of pyridine rings is 1. The summed E-state index contributed by atoms with van der Waals surface area (Å²) in [5.74, 6) is -1.85. The molecule has 1 saturated heterocycles. The summed E-state index contributed by atoms with van der Waals surface area (Å²) >= 11 is 5.92. The third-order valence-electron chi connectivity index (χ3n) is 4.80. The van der Waals surface area contributed by atoms with Crippen molar-refractivity contribution < 1.29 is 19.1 Å². The molecule has 0 saturated carbocycles. The van der Waals surface area contributed by atoms with E-state index in [-0.39, 0.29) is 24.0 Å². The van der Waals surface area contributed by atoms with E-state index < -0.39 is 23.9 Å². The molecule has 2 aromatic rings. The van der Waals surface area contributed by atoms with Crippen molar-refractivity contribution >= 4 is 40.8 Å². The van der Waals surface area contributed by atoms with Crippen molar-refractivity contribution in [3.05, 3.63) is 53.3 Å². The zero-order valence-electron chi connectivity index (χ0n) is 16.2. The molecule has 0 spiro atoms. The minimum atomic E-state index is -1.04. The molecule has 0 unspecified atom stereocenters. The van der Waals surface area contributed by atoms with Gasteiger partial charge in [-0.1, -0.05) is 36.7 Å². The van der Waals surface area contributed by atoms with Gasteiger partial charge in [0.2, 0.25) is 5.91 Å². The van der Waals surface area contributed by atoms with Crippen molar-refractivity contribution in [1.82, 2.24) is 4.98 Å². The molecule has 1 fully saturated rings. The largest absolute Gasteiger partial charge is 0.452 e. The van der Waals surface area contributed by atoms with Gasteiger partial charge in [0, 0.05) is 24.8 Å². The average molecular weight is 416 g/mol. The summed E-state index contributed by atoms with van der Waals surface area (Å²) in [4.78, 5) is 42.8. The maximum Gasteiger partial charge on any atom is 0.312 e. The number of halogens is 1. The maximum atomic E-state index is 12.5. The van der Waals surface area contributed by atoms with Crippen LogP contribution < -0.4 is 10.2 Å². The number of benzene rings is 1. The van der Waals surface area contributed by atoms with Gasteiger partial charge in [-0.25, -0.2) is 4.98 Å². The molecule has 0 aliphatic carbocycles. The molecule has 0 bridgehead atoms. The summed E-state index contributed by atoms with van der Waals surface area (Å²) in [6.45, 7) is 3.72. The molecule has 2 amide bonds. The first-order valence-corrected chi connectivity index (χ1v) is 9.78. The zero-order valence-corrected chi connectivity index (χ0v) is 17.0.